The van der Waals surface area contributed by atoms with E-state index in [9.17, 15) is 19.7 Å². The average Bonchev–Trinajstić information content (AvgIpc) is 3.28. The van der Waals surface area contributed by atoms with Gasteiger partial charge in [0.05, 0.1) is 23.4 Å². The number of hydrogen-bond acceptors (Lipinski definition) is 6. The number of carbonyl (C=O) groups is 2. The predicted molar refractivity (Wildman–Crippen MR) is 108 cm³/mol. The lowest BCUT2D eigenvalue weighted by Crippen LogP contribution is -2.43. The van der Waals surface area contributed by atoms with Gasteiger partial charge in [-0.2, -0.15) is 4.68 Å². The molecule has 1 aliphatic rings. The smallest absolute Gasteiger partial charge is 0.407 e. The highest BCUT2D eigenvalue weighted by molar-refractivity contribution is 5.77. The SMILES string of the molecule is CC(C)(C)OC(=O)N[C@@H]1CN(C(=O)Cn2ccc([N+](=O)[O-])n2)C[C@H]1c1ccccc1. The molecule has 2 amide bonds. The largest absolute Gasteiger partial charge is 0.444 e. The molecule has 30 heavy (non-hydrogen) atoms. The van der Waals surface area contributed by atoms with Crippen molar-refractivity contribution < 1.29 is 19.2 Å². The monoisotopic (exact) mass is 415 g/mol. The van der Waals surface area contributed by atoms with Gasteiger partial charge in [0.1, 0.15) is 12.1 Å². The molecule has 2 atom stereocenters. The van der Waals surface area contributed by atoms with E-state index in [2.05, 4.69) is 10.4 Å². The fourth-order valence-corrected chi connectivity index (χ4v) is 3.43. The summed E-state index contributed by atoms with van der Waals surface area (Å²) in [6.07, 6.45) is 0.863. The number of rotatable bonds is 5. The van der Waals surface area contributed by atoms with Gasteiger partial charge in [-0.1, -0.05) is 30.3 Å². The molecule has 1 saturated heterocycles. The average molecular weight is 415 g/mol. The van der Waals surface area contributed by atoms with E-state index in [1.54, 1.807) is 25.7 Å². The summed E-state index contributed by atoms with van der Waals surface area (Å²) < 4.78 is 6.61. The van der Waals surface area contributed by atoms with E-state index in [-0.39, 0.29) is 30.2 Å². The van der Waals surface area contributed by atoms with E-state index in [4.69, 9.17) is 4.74 Å². The molecule has 0 bridgehead atoms. The summed E-state index contributed by atoms with van der Waals surface area (Å²) in [7, 11) is 0. The Morgan fingerprint density at radius 2 is 1.93 bits per heavy atom. The van der Waals surface area contributed by atoms with Crippen LogP contribution in [0.15, 0.2) is 42.6 Å². The van der Waals surface area contributed by atoms with Crippen LogP contribution >= 0.6 is 0 Å². The van der Waals surface area contributed by atoms with Crippen LogP contribution in [0.5, 0.6) is 0 Å². The molecule has 1 N–H and O–H groups in total. The first-order valence-corrected chi connectivity index (χ1v) is 9.62. The molecule has 2 heterocycles. The first kappa shape index (κ1) is 21.3. The molecule has 0 unspecified atom stereocenters. The molecule has 10 nitrogen and oxygen atoms in total. The third-order valence-corrected chi connectivity index (χ3v) is 4.71. The molecule has 0 aliphatic carbocycles. The van der Waals surface area contributed by atoms with E-state index in [1.165, 1.54) is 16.9 Å². The lowest BCUT2D eigenvalue weighted by Gasteiger charge is -2.24. The van der Waals surface area contributed by atoms with Crippen molar-refractivity contribution in [3.63, 3.8) is 0 Å². The van der Waals surface area contributed by atoms with Crippen molar-refractivity contribution in [2.45, 2.75) is 44.9 Å². The molecule has 3 rings (SSSR count). The number of aromatic nitrogens is 2. The number of nitrogens with one attached hydrogen (secondary N) is 1. The van der Waals surface area contributed by atoms with Gasteiger partial charge in [-0.3, -0.25) is 4.79 Å². The lowest BCUT2D eigenvalue weighted by molar-refractivity contribution is -0.389. The van der Waals surface area contributed by atoms with Gasteiger partial charge in [0.25, 0.3) is 0 Å². The maximum atomic E-state index is 12.8. The van der Waals surface area contributed by atoms with Crippen LogP contribution in [0.2, 0.25) is 0 Å². The van der Waals surface area contributed by atoms with E-state index < -0.39 is 16.6 Å². The minimum Gasteiger partial charge on any atom is -0.444 e. The van der Waals surface area contributed by atoms with Crippen molar-refractivity contribution in [2.24, 2.45) is 0 Å². The quantitative estimate of drug-likeness (QED) is 0.591. The van der Waals surface area contributed by atoms with E-state index in [1.807, 2.05) is 30.3 Å². The number of benzene rings is 1. The van der Waals surface area contributed by atoms with Crippen LogP contribution in [0.1, 0.15) is 32.3 Å². The van der Waals surface area contributed by atoms with Gasteiger partial charge in [-0.25, -0.2) is 4.79 Å². The van der Waals surface area contributed by atoms with Gasteiger partial charge in [0.15, 0.2) is 0 Å². The summed E-state index contributed by atoms with van der Waals surface area (Å²) in [4.78, 5) is 36.9. The maximum absolute atomic E-state index is 12.8. The van der Waals surface area contributed by atoms with Crippen LogP contribution in [0.25, 0.3) is 0 Å². The molecule has 1 aromatic carbocycles. The minimum atomic E-state index is -0.630. The minimum absolute atomic E-state index is 0.102. The van der Waals surface area contributed by atoms with Crippen molar-refractivity contribution in [3.05, 3.63) is 58.3 Å². The second-order valence-corrected chi connectivity index (χ2v) is 8.20. The molecule has 1 aliphatic heterocycles. The number of nitro groups is 1. The summed E-state index contributed by atoms with van der Waals surface area (Å²) in [6, 6.07) is 10.6. The van der Waals surface area contributed by atoms with E-state index in [0.717, 1.165) is 5.56 Å². The Kier molecular flexibility index (Phi) is 6.04. The van der Waals surface area contributed by atoms with Crippen molar-refractivity contribution in [3.8, 4) is 0 Å². The zero-order chi connectivity index (χ0) is 21.9. The lowest BCUT2D eigenvalue weighted by atomic mass is 9.94. The molecule has 0 saturated carbocycles. The van der Waals surface area contributed by atoms with Crippen LogP contribution in [0.4, 0.5) is 10.6 Å². The zero-order valence-corrected chi connectivity index (χ0v) is 17.1. The summed E-state index contributed by atoms with van der Waals surface area (Å²) >= 11 is 0. The van der Waals surface area contributed by atoms with Gasteiger partial charge in [-0.15, -0.1) is 0 Å². The van der Waals surface area contributed by atoms with Gasteiger partial charge in [-0.05, 0) is 31.3 Å². The summed E-state index contributed by atoms with van der Waals surface area (Å²) in [6.45, 7) is 5.96. The summed E-state index contributed by atoms with van der Waals surface area (Å²) in [5.74, 6) is -0.645. The Morgan fingerprint density at radius 3 is 2.53 bits per heavy atom. The van der Waals surface area contributed by atoms with Crippen LogP contribution in [-0.4, -0.2) is 56.3 Å². The molecule has 1 fully saturated rings. The fourth-order valence-electron chi connectivity index (χ4n) is 3.43. The van der Waals surface area contributed by atoms with Crippen LogP contribution in [0, 0.1) is 10.1 Å². The first-order chi connectivity index (χ1) is 14.1. The number of nitrogens with zero attached hydrogens (tertiary/aromatic N) is 4. The van der Waals surface area contributed by atoms with Crippen molar-refractivity contribution in [1.29, 1.82) is 0 Å². The number of hydrogen-bond donors (Lipinski definition) is 1. The number of alkyl carbamates (subject to hydrolysis) is 1. The third kappa shape index (κ3) is 5.34. The van der Waals surface area contributed by atoms with Gasteiger partial charge in [0, 0.05) is 19.0 Å². The fraction of sp³-hybridized carbons (Fsp3) is 0.450. The molecule has 0 radical (unpaired) electrons. The molecular weight excluding hydrogens is 390 g/mol. The third-order valence-electron chi connectivity index (χ3n) is 4.71. The Labute approximate surface area is 174 Å². The highest BCUT2D eigenvalue weighted by Gasteiger charge is 2.38. The highest BCUT2D eigenvalue weighted by Crippen LogP contribution is 2.28. The van der Waals surface area contributed by atoms with Crippen LogP contribution in [-0.2, 0) is 16.1 Å². The molecule has 0 spiro atoms. The van der Waals surface area contributed by atoms with E-state index >= 15 is 0 Å². The van der Waals surface area contributed by atoms with Crippen molar-refractivity contribution in [2.75, 3.05) is 13.1 Å². The number of likely N-dealkylation sites (tertiary alicyclic amines) is 1. The Bertz CT molecular complexity index is 921. The molecule has 10 heteroatoms. The second-order valence-electron chi connectivity index (χ2n) is 8.20. The molecule has 2 aromatic rings. The number of amides is 2. The second kappa shape index (κ2) is 8.52. The Morgan fingerprint density at radius 1 is 1.23 bits per heavy atom. The maximum Gasteiger partial charge on any atom is 0.407 e. The van der Waals surface area contributed by atoms with E-state index in [0.29, 0.717) is 13.1 Å². The van der Waals surface area contributed by atoms with Gasteiger partial charge in [0.2, 0.25) is 5.91 Å². The van der Waals surface area contributed by atoms with Crippen LogP contribution in [0.3, 0.4) is 0 Å². The topological polar surface area (TPSA) is 120 Å². The van der Waals surface area contributed by atoms with Crippen molar-refractivity contribution in [1.82, 2.24) is 20.0 Å². The standard InChI is InChI=1S/C20H25N5O5/c1-20(2,3)30-19(27)21-16-12-23(11-15(16)14-7-5-4-6-8-14)18(26)13-24-10-9-17(22-24)25(28)29/h4-10,15-16H,11-13H2,1-3H3,(H,21,27)/t15-,16+/m0/s1. The van der Waals surface area contributed by atoms with Gasteiger partial charge >= 0.3 is 11.9 Å². The first-order valence-electron chi connectivity index (χ1n) is 9.62. The summed E-state index contributed by atoms with van der Waals surface area (Å²) in [5, 5.41) is 17.5. The van der Waals surface area contributed by atoms with Crippen LogP contribution < -0.4 is 5.32 Å². The Hall–Kier alpha value is -3.43. The normalized spacial score (nSPS) is 18.8. The zero-order valence-electron chi connectivity index (χ0n) is 17.1. The number of carbonyl (C=O) groups excluding carboxylic acids is 2. The van der Waals surface area contributed by atoms with Crippen molar-refractivity contribution >= 4 is 17.8 Å². The Balaban J connectivity index is 1.72. The molecule has 160 valence electrons. The molecule has 1 aromatic heterocycles. The predicted octanol–water partition coefficient (Wildman–Crippen LogP) is 2.31. The molecular formula is C20H25N5O5. The highest BCUT2D eigenvalue weighted by atomic mass is 16.6. The van der Waals surface area contributed by atoms with Gasteiger partial charge < -0.3 is 25.1 Å². The number of ether oxygens (including phenoxy) is 1. The summed E-state index contributed by atoms with van der Waals surface area (Å²) in [5.41, 5.74) is 0.374.